The Labute approximate surface area is 166 Å². The van der Waals surface area contributed by atoms with Crippen molar-refractivity contribution in [3.05, 3.63) is 47.3 Å². The summed E-state index contributed by atoms with van der Waals surface area (Å²) in [6.45, 7) is 7.01. The van der Waals surface area contributed by atoms with Crippen molar-refractivity contribution in [1.82, 2.24) is 20.3 Å². The van der Waals surface area contributed by atoms with Gasteiger partial charge in [-0.25, -0.2) is 0 Å². The first-order valence-electron chi connectivity index (χ1n) is 10.0. The zero-order chi connectivity index (χ0) is 20.1. The van der Waals surface area contributed by atoms with E-state index < -0.39 is 11.5 Å². The van der Waals surface area contributed by atoms with E-state index in [9.17, 15) is 4.79 Å². The van der Waals surface area contributed by atoms with Gasteiger partial charge < -0.3 is 10.5 Å². The van der Waals surface area contributed by atoms with E-state index in [0.29, 0.717) is 17.4 Å². The van der Waals surface area contributed by atoms with Crippen molar-refractivity contribution in [3.8, 4) is 0 Å². The predicted octanol–water partition coefficient (Wildman–Crippen LogP) is 2.70. The number of aromatic nitrogens is 3. The maximum atomic E-state index is 11.8. The number of ether oxygens (including phenoxy) is 1. The number of H-pyrrole nitrogens is 1. The number of amides is 1. The Morgan fingerprint density at radius 1 is 1.43 bits per heavy atom. The predicted molar refractivity (Wildman–Crippen MR) is 107 cm³/mol. The third-order valence-electron chi connectivity index (χ3n) is 6.25. The van der Waals surface area contributed by atoms with Gasteiger partial charge in [0.1, 0.15) is 0 Å². The van der Waals surface area contributed by atoms with Crippen LogP contribution in [0.4, 0.5) is 0 Å². The molecule has 0 radical (unpaired) electrons. The molecule has 2 aromatic rings. The van der Waals surface area contributed by atoms with E-state index in [1.807, 2.05) is 12.1 Å². The van der Waals surface area contributed by atoms with Crippen LogP contribution in [0.3, 0.4) is 0 Å². The van der Waals surface area contributed by atoms with Gasteiger partial charge in [0, 0.05) is 31.7 Å². The summed E-state index contributed by atoms with van der Waals surface area (Å²) >= 11 is 0. The monoisotopic (exact) mass is 385 g/mol. The van der Waals surface area contributed by atoms with Crippen molar-refractivity contribution in [1.29, 1.82) is 0 Å². The van der Waals surface area contributed by atoms with E-state index in [1.165, 1.54) is 6.42 Å². The SMILES string of the molecule is CCN(Cc1cnn[nH]1)CC1CCCC(C)C1(OC)c1cccc(C(N)=O)c1. The van der Waals surface area contributed by atoms with Crippen molar-refractivity contribution in [2.75, 3.05) is 20.2 Å². The molecule has 1 heterocycles. The lowest BCUT2D eigenvalue weighted by Gasteiger charge is -2.49. The Balaban J connectivity index is 1.93. The molecule has 1 aliphatic rings. The van der Waals surface area contributed by atoms with Crippen LogP contribution in [0.1, 0.15) is 54.7 Å². The van der Waals surface area contributed by atoms with Gasteiger partial charge in [-0.3, -0.25) is 14.8 Å². The molecular formula is C21H31N5O2. The fraction of sp³-hybridized carbons (Fsp3) is 0.571. The second kappa shape index (κ2) is 8.84. The molecule has 0 bridgehead atoms. The summed E-state index contributed by atoms with van der Waals surface area (Å²) in [6, 6.07) is 7.65. The molecule has 1 saturated carbocycles. The minimum absolute atomic E-state index is 0.306. The number of hydrogen-bond donors (Lipinski definition) is 2. The molecule has 3 unspecified atom stereocenters. The second-order valence-corrected chi connectivity index (χ2v) is 7.78. The average molecular weight is 386 g/mol. The van der Waals surface area contributed by atoms with Gasteiger partial charge in [-0.1, -0.05) is 37.6 Å². The number of primary amides is 1. The first-order chi connectivity index (χ1) is 13.5. The van der Waals surface area contributed by atoms with Crippen molar-refractivity contribution in [2.24, 2.45) is 17.6 Å². The lowest BCUT2D eigenvalue weighted by atomic mass is 9.65. The van der Waals surface area contributed by atoms with E-state index in [-0.39, 0.29) is 0 Å². The van der Waals surface area contributed by atoms with Gasteiger partial charge in [-0.15, -0.1) is 5.10 Å². The number of aromatic amines is 1. The number of nitrogens with two attached hydrogens (primary N) is 1. The number of methoxy groups -OCH3 is 1. The molecule has 28 heavy (non-hydrogen) atoms. The molecule has 3 rings (SSSR count). The first-order valence-corrected chi connectivity index (χ1v) is 10.0. The standard InChI is InChI=1S/C21H31N5O2/c1-4-26(14-19-12-23-25-24-19)13-18-10-5-7-15(2)21(18,28-3)17-9-6-8-16(11-17)20(22)27/h6,8-9,11-12,15,18H,4-5,7,10,13-14H2,1-3H3,(H2,22,27)(H,23,24,25). The molecule has 1 aromatic heterocycles. The summed E-state index contributed by atoms with van der Waals surface area (Å²) in [5.41, 5.74) is 7.68. The maximum Gasteiger partial charge on any atom is 0.248 e. The van der Waals surface area contributed by atoms with E-state index in [4.69, 9.17) is 10.5 Å². The van der Waals surface area contributed by atoms with E-state index in [0.717, 1.165) is 43.7 Å². The highest BCUT2D eigenvalue weighted by molar-refractivity contribution is 5.92. The highest BCUT2D eigenvalue weighted by Crippen LogP contribution is 2.48. The summed E-state index contributed by atoms with van der Waals surface area (Å²) in [4.78, 5) is 14.1. The number of nitrogens with zero attached hydrogens (tertiary/aromatic N) is 3. The molecule has 0 spiro atoms. The zero-order valence-electron chi connectivity index (χ0n) is 17.0. The molecule has 1 aromatic carbocycles. The Kier molecular flexibility index (Phi) is 6.46. The maximum absolute atomic E-state index is 11.8. The first kappa shape index (κ1) is 20.5. The van der Waals surface area contributed by atoms with Crippen molar-refractivity contribution in [3.63, 3.8) is 0 Å². The highest BCUT2D eigenvalue weighted by Gasteiger charge is 2.48. The number of carbonyl (C=O) groups excluding carboxylic acids is 1. The van der Waals surface area contributed by atoms with Crippen LogP contribution in [0, 0.1) is 11.8 Å². The van der Waals surface area contributed by atoms with Gasteiger partial charge in [-0.05, 0) is 43.0 Å². The smallest absolute Gasteiger partial charge is 0.248 e. The van der Waals surface area contributed by atoms with Crippen LogP contribution in [-0.4, -0.2) is 46.4 Å². The summed E-state index contributed by atoms with van der Waals surface area (Å²) in [6.07, 6.45) is 5.13. The van der Waals surface area contributed by atoms with Crippen LogP contribution in [0.2, 0.25) is 0 Å². The Morgan fingerprint density at radius 3 is 2.89 bits per heavy atom. The van der Waals surface area contributed by atoms with Crippen LogP contribution in [0.15, 0.2) is 30.5 Å². The fourth-order valence-corrected chi connectivity index (χ4v) is 4.80. The number of hydrogen-bond acceptors (Lipinski definition) is 5. The van der Waals surface area contributed by atoms with Crippen LogP contribution in [0.25, 0.3) is 0 Å². The number of rotatable bonds is 8. The van der Waals surface area contributed by atoms with Crippen LogP contribution in [-0.2, 0) is 16.9 Å². The number of benzene rings is 1. The molecule has 152 valence electrons. The van der Waals surface area contributed by atoms with Gasteiger partial charge >= 0.3 is 0 Å². The van der Waals surface area contributed by atoms with E-state index in [2.05, 4.69) is 40.2 Å². The second-order valence-electron chi connectivity index (χ2n) is 7.78. The van der Waals surface area contributed by atoms with Gasteiger partial charge in [0.25, 0.3) is 0 Å². The quantitative estimate of drug-likeness (QED) is 0.728. The largest absolute Gasteiger partial charge is 0.373 e. The van der Waals surface area contributed by atoms with E-state index >= 15 is 0 Å². The normalized spacial score (nSPS) is 25.1. The van der Waals surface area contributed by atoms with Crippen LogP contribution in [0.5, 0.6) is 0 Å². The molecule has 1 aliphatic carbocycles. The molecule has 1 amide bonds. The van der Waals surface area contributed by atoms with Crippen molar-refractivity contribution < 1.29 is 9.53 Å². The van der Waals surface area contributed by atoms with Gasteiger partial charge in [-0.2, -0.15) is 0 Å². The summed E-state index contributed by atoms with van der Waals surface area (Å²) < 4.78 is 6.29. The third-order valence-corrected chi connectivity index (χ3v) is 6.25. The highest BCUT2D eigenvalue weighted by atomic mass is 16.5. The van der Waals surface area contributed by atoms with Crippen molar-refractivity contribution in [2.45, 2.75) is 45.3 Å². The molecule has 7 nitrogen and oxygen atoms in total. The molecule has 1 fully saturated rings. The van der Waals surface area contributed by atoms with E-state index in [1.54, 1.807) is 19.4 Å². The minimum atomic E-state index is -0.441. The third kappa shape index (κ3) is 3.95. The Morgan fingerprint density at radius 2 is 2.25 bits per heavy atom. The Hall–Kier alpha value is -2.25. The van der Waals surface area contributed by atoms with Gasteiger partial charge in [0.05, 0.1) is 17.5 Å². The average Bonchev–Trinajstić information content (AvgIpc) is 3.21. The van der Waals surface area contributed by atoms with Crippen LogP contribution < -0.4 is 5.73 Å². The molecule has 3 N–H and O–H groups in total. The molecule has 0 saturated heterocycles. The molecular weight excluding hydrogens is 354 g/mol. The minimum Gasteiger partial charge on any atom is -0.373 e. The van der Waals surface area contributed by atoms with Crippen molar-refractivity contribution >= 4 is 5.91 Å². The van der Waals surface area contributed by atoms with Gasteiger partial charge in [0.15, 0.2) is 0 Å². The summed E-state index contributed by atoms with van der Waals surface area (Å²) in [7, 11) is 1.79. The molecule has 0 aliphatic heterocycles. The van der Waals surface area contributed by atoms with Crippen LogP contribution >= 0.6 is 0 Å². The van der Waals surface area contributed by atoms with Gasteiger partial charge in [0.2, 0.25) is 5.91 Å². The fourth-order valence-electron chi connectivity index (χ4n) is 4.80. The molecule has 3 atom stereocenters. The number of carbonyl (C=O) groups is 1. The lowest BCUT2D eigenvalue weighted by molar-refractivity contribution is -0.133. The zero-order valence-corrected chi connectivity index (χ0v) is 17.0. The number of nitrogens with one attached hydrogen (secondary N) is 1. The summed E-state index contributed by atoms with van der Waals surface area (Å²) in [5, 5.41) is 10.7. The molecule has 7 heteroatoms. The topological polar surface area (TPSA) is 97.1 Å². The lowest BCUT2D eigenvalue weighted by Crippen LogP contribution is -2.50. The summed E-state index contributed by atoms with van der Waals surface area (Å²) in [5.74, 6) is 0.238. The Bertz CT molecular complexity index is 779.